The van der Waals surface area contributed by atoms with Crippen molar-refractivity contribution in [1.29, 1.82) is 0 Å². The number of methoxy groups -OCH3 is 1. The van der Waals surface area contributed by atoms with Crippen molar-refractivity contribution in [2.75, 3.05) is 19.0 Å². The molecule has 11 nitrogen and oxygen atoms in total. The zero-order valence-corrected chi connectivity index (χ0v) is 18.5. The molecule has 0 unspecified atom stereocenters. The molecule has 0 aliphatic carbocycles. The first-order valence-corrected chi connectivity index (χ1v) is 10.3. The molecule has 0 saturated carbocycles. The van der Waals surface area contributed by atoms with Gasteiger partial charge in [0.1, 0.15) is 17.8 Å². The Morgan fingerprint density at radius 1 is 1.25 bits per heavy atom. The number of pyridine rings is 1. The Labute approximate surface area is 184 Å². The van der Waals surface area contributed by atoms with E-state index in [0.717, 1.165) is 18.5 Å². The first-order valence-electron chi connectivity index (χ1n) is 10.3. The van der Waals surface area contributed by atoms with Gasteiger partial charge < -0.3 is 19.8 Å². The van der Waals surface area contributed by atoms with Crippen LogP contribution in [0, 0.1) is 0 Å². The molecule has 0 fully saturated rings. The molecule has 1 amide bonds. The maximum atomic E-state index is 12.8. The summed E-state index contributed by atoms with van der Waals surface area (Å²) in [6.45, 7) is 4.39. The molecule has 0 radical (unpaired) electrons. The Balaban J connectivity index is 2.08. The topological polar surface area (TPSA) is 141 Å². The van der Waals surface area contributed by atoms with E-state index in [4.69, 9.17) is 4.74 Å². The molecule has 0 aromatic carbocycles. The minimum atomic E-state index is -0.657. The van der Waals surface area contributed by atoms with E-state index in [-0.39, 0.29) is 17.3 Å². The molecule has 0 atom stereocenters. The van der Waals surface area contributed by atoms with Gasteiger partial charge in [-0.25, -0.2) is 9.97 Å². The monoisotopic (exact) mass is 442 g/mol. The van der Waals surface area contributed by atoms with E-state index in [1.165, 1.54) is 18.0 Å². The van der Waals surface area contributed by atoms with Gasteiger partial charge in [-0.2, -0.15) is 5.10 Å². The van der Waals surface area contributed by atoms with Crippen LogP contribution in [0.2, 0.25) is 0 Å². The van der Waals surface area contributed by atoms with Crippen molar-refractivity contribution in [3.05, 3.63) is 28.3 Å². The minimum Gasteiger partial charge on any atom is -0.477 e. The van der Waals surface area contributed by atoms with Crippen molar-refractivity contribution in [1.82, 2.24) is 24.7 Å². The molecule has 3 aromatic heterocycles. The van der Waals surface area contributed by atoms with E-state index in [2.05, 4.69) is 30.1 Å². The van der Waals surface area contributed by atoms with E-state index in [9.17, 15) is 14.4 Å². The SMILES string of the molecule is CCCOc1ncc(NC(=O)CC(=O)OC)cc1-c1nc2c(CCC)nn(C)c2c(=O)[nH]1. The van der Waals surface area contributed by atoms with Gasteiger partial charge in [-0.15, -0.1) is 0 Å². The Hall–Kier alpha value is -3.76. The summed E-state index contributed by atoms with van der Waals surface area (Å²) in [4.78, 5) is 47.9. The fourth-order valence-electron chi connectivity index (χ4n) is 3.19. The molecule has 0 bridgehead atoms. The largest absolute Gasteiger partial charge is 0.477 e. The highest BCUT2D eigenvalue weighted by Gasteiger charge is 2.19. The third-order valence-electron chi connectivity index (χ3n) is 4.61. The number of nitrogens with zero attached hydrogens (tertiary/aromatic N) is 4. The van der Waals surface area contributed by atoms with Crippen molar-refractivity contribution >= 4 is 28.6 Å². The quantitative estimate of drug-likeness (QED) is 0.378. The average molecular weight is 442 g/mol. The third kappa shape index (κ3) is 4.93. The maximum Gasteiger partial charge on any atom is 0.315 e. The maximum absolute atomic E-state index is 12.8. The van der Waals surface area contributed by atoms with Gasteiger partial charge in [0.05, 0.1) is 36.9 Å². The van der Waals surface area contributed by atoms with E-state index < -0.39 is 18.3 Å². The van der Waals surface area contributed by atoms with Crippen LogP contribution < -0.4 is 15.6 Å². The van der Waals surface area contributed by atoms with Crippen LogP contribution in [-0.2, 0) is 27.8 Å². The number of fused-ring (bicyclic) bond motifs is 1. The summed E-state index contributed by atoms with van der Waals surface area (Å²) in [5.41, 5.74) is 1.99. The molecular weight excluding hydrogens is 416 g/mol. The lowest BCUT2D eigenvalue weighted by atomic mass is 10.2. The second kappa shape index (κ2) is 10.0. The van der Waals surface area contributed by atoms with Crippen molar-refractivity contribution in [3.63, 3.8) is 0 Å². The number of carbonyl (C=O) groups excluding carboxylic acids is 2. The van der Waals surface area contributed by atoms with Crippen LogP contribution in [0.15, 0.2) is 17.1 Å². The summed E-state index contributed by atoms with van der Waals surface area (Å²) in [6.07, 6.45) is 3.26. The van der Waals surface area contributed by atoms with Crippen molar-refractivity contribution in [3.8, 4) is 17.3 Å². The number of ether oxygens (including phenoxy) is 2. The zero-order chi connectivity index (χ0) is 23.3. The number of aromatic nitrogens is 5. The number of rotatable bonds is 9. The standard InChI is InChI=1S/C21H26N6O5/c1-5-7-14-17-18(27(3)26-14)20(30)25-19(24-17)13-9-12(11-22-21(13)32-8-6-2)23-15(28)10-16(29)31-4/h9,11H,5-8,10H2,1-4H3,(H,23,28)(H,24,25,30). The van der Waals surface area contributed by atoms with E-state index in [0.29, 0.717) is 35.3 Å². The molecule has 3 heterocycles. The number of H-pyrrole nitrogens is 1. The number of nitrogens with one attached hydrogen (secondary N) is 2. The molecule has 0 aliphatic heterocycles. The van der Waals surface area contributed by atoms with E-state index in [1.807, 2.05) is 13.8 Å². The number of hydrogen-bond donors (Lipinski definition) is 2. The van der Waals surface area contributed by atoms with Crippen molar-refractivity contribution in [2.45, 2.75) is 39.5 Å². The third-order valence-corrected chi connectivity index (χ3v) is 4.61. The van der Waals surface area contributed by atoms with Crippen LogP contribution in [0.5, 0.6) is 5.88 Å². The molecule has 170 valence electrons. The number of esters is 1. The summed E-state index contributed by atoms with van der Waals surface area (Å²) in [5, 5.41) is 7.02. The van der Waals surface area contributed by atoms with Crippen molar-refractivity contribution < 1.29 is 19.1 Å². The first kappa shape index (κ1) is 22.9. The number of carbonyl (C=O) groups is 2. The molecule has 3 rings (SSSR count). The molecule has 3 aromatic rings. The van der Waals surface area contributed by atoms with Crippen LogP contribution >= 0.6 is 0 Å². The van der Waals surface area contributed by atoms with E-state index in [1.54, 1.807) is 13.1 Å². The summed E-state index contributed by atoms with van der Waals surface area (Å²) in [6, 6.07) is 1.59. The second-order valence-corrected chi connectivity index (χ2v) is 7.16. The molecule has 0 spiro atoms. The van der Waals surface area contributed by atoms with Crippen LogP contribution in [-0.4, -0.2) is 50.3 Å². The van der Waals surface area contributed by atoms with Gasteiger partial charge in [0, 0.05) is 7.05 Å². The van der Waals surface area contributed by atoms with Gasteiger partial charge in [0.2, 0.25) is 11.8 Å². The molecule has 2 N–H and O–H groups in total. The molecule has 0 aliphatic rings. The predicted octanol–water partition coefficient (Wildman–Crippen LogP) is 1.96. The lowest BCUT2D eigenvalue weighted by molar-refractivity contribution is -0.142. The van der Waals surface area contributed by atoms with Gasteiger partial charge in [-0.3, -0.25) is 19.1 Å². The highest BCUT2D eigenvalue weighted by atomic mass is 16.5. The normalized spacial score (nSPS) is 10.9. The van der Waals surface area contributed by atoms with Gasteiger partial charge in [-0.1, -0.05) is 20.3 Å². The fourth-order valence-corrected chi connectivity index (χ4v) is 3.19. The average Bonchev–Trinajstić information content (AvgIpc) is 3.08. The van der Waals surface area contributed by atoms with E-state index >= 15 is 0 Å². The Morgan fingerprint density at radius 3 is 2.72 bits per heavy atom. The Bertz CT molecular complexity index is 1200. The van der Waals surface area contributed by atoms with Crippen LogP contribution in [0.1, 0.15) is 38.8 Å². The smallest absolute Gasteiger partial charge is 0.315 e. The first-order chi connectivity index (χ1) is 15.4. The molecule has 32 heavy (non-hydrogen) atoms. The van der Waals surface area contributed by atoms with Gasteiger partial charge in [-0.05, 0) is 18.9 Å². The minimum absolute atomic E-state index is 0.246. The van der Waals surface area contributed by atoms with Gasteiger partial charge in [0.25, 0.3) is 5.56 Å². The Morgan fingerprint density at radius 2 is 2.03 bits per heavy atom. The number of aryl methyl sites for hydroxylation is 2. The molecule has 11 heteroatoms. The summed E-state index contributed by atoms with van der Waals surface area (Å²) in [5.74, 6) is -0.701. The zero-order valence-electron chi connectivity index (χ0n) is 18.5. The summed E-state index contributed by atoms with van der Waals surface area (Å²) in [7, 11) is 2.91. The van der Waals surface area contributed by atoms with Crippen LogP contribution in [0.25, 0.3) is 22.4 Å². The highest BCUT2D eigenvalue weighted by molar-refractivity contribution is 6.02. The van der Waals surface area contributed by atoms with Crippen molar-refractivity contribution in [2.24, 2.45) is 7.05 Å². The number of hydrogen-bond acceptors (Lipinski definition) is 8. The van der Waals surface area contributed by atoms with Crippen LogP contribution in [0.4, 0.5) is 5.69 Å². The molecular formula is C21H26N6O5. The number of amides is 1. The van der Waals surface area contributed by atoms with Crippen LogP contribution in [0.3, 0.4) is 0 Å². The molecule has 0 saturated heterocycles. The fraction of sp³-hybridized carbons (Fsp3) is 0.429. The highest BCUT2D eigenvalue weighted by Crippen LogP contribution is 2.29. The summed E-state index contributed by atoms with van der Waals surface area (Å²) >= 11 is 0. The lowest BCUT2D eigenvalue weighted by Crippen LogP contribution is -2.17. The number of aromatic amines is 1. The summed E-state index contributed by atoms with van der Waals surface area (Å²) < 4.78 is 11.8. The van der Waals surface area contributed by atoms with Gasteiger partial charge >= 0.3 is 5.97 Å². The lowest BCUT2D eigenvalue weighted by Gasteiger charge is -2.12. The predicted molar refractivity (Wildman–Crippen MR) is 117 cm³/mol. The Kier molecular flexibility index (Phi) is 7.18. The number of anilines is 1. The second-order valence-electron chi connectivity index (χ2n) is 7.16. The van der Waals surface area contributed by atoms with Gasteiger partial charge in [0.15, 0.2) is 5.52 Å².